The van der Waals surface area contributed by atoms with Crippen LogP contribution in [-0.4, -0.2) is 72.3 Å². The van der Waals surface area contributed by atoms with E-state index in [-0.39, 0.29) is 53.3 Å². The molecule has 1 aliphatic rings. The molecule has 0 aliphatic heterocycles. The van der Waals surface area contributed by atoms with E-state index in [1.54, 1.807) is 13.8 Å². The van der Waals surface area contributed by atoms with Crippen molar-refractivity contribution in [1.29, 1.82) is 5.26 Å². The largest absolute Gasteiger partial charge is 0.447 e. The molecule has 1 saturated carbocycles. The Balaban J connectivity index is 1.59. The highest BCUT2D eigenvalue weighted by atomic mass is 35.5. The summed E-state index contributed by atoms with van der Waals surface area (Å²) in [6.07, 6.45) is -8.04. The molecular weight excluding hydrogens is 765 g/mol. The minimum atomic E-state index is -4.78. The van der Waals surface area contributed by atoms with E-state index < -0.39 is 66.5 Å². The number of alkyl halides is 7. The Kier molecular flexibility index (Phi) is 11.7. The molecular formula is C34H32ClF7N10O3. The lowest BCUT2D eigenvalue weighted by Crippen LogP contribution is -2.49. The van der Waals surface area contributed by atoms with Crippen molar-refractivity contribution in [2.75, 3.05) is 13.2 Å². The van der Waals surface area contributed by atoms with Gasteiger partial charge in [-0.15, -0.1) is 0 Å². The van der Waals surface area contributed by atoms with Crippen LogP contribution in [0.3, 0.4) is 0 Å². The number of aliphatic imine (C=N–C) groups is 1. The van der Waals surface area contributed by atoms with E-state index in [1.807, 2.05) is 5.32 Å². The maximum atomic E-state index is 14.4. The van der Waals surface area contributed by atoms with Gasteiger partial charge in [0, 0.05) is 23.9 Å². The number of alkyl carbamates (subject to hydrolysis) is 1. The molecule has 21 heteroatoms. The zero-order valence-corrected chi connectivity index (χ0v) is 29.7. The van der Waals surface area contributed by atoms with Crippen molar-refractivity contribution < 1.29 is 45.1 Å². The summed E-state index contributed by atoms with van der Waals surface area (Å²) in [6, 6.07) is 11.2. The normalized spacial score (nSPS) is 14.8. The van der Waals surface area contributed by atoms with Crippen LogP contribution >= 0.6 is 11.6 Å². The molecule has 0 saturated heterocycles. The summed E-state index contributed by atoms with van der Waals surface area (Å²) in [6.45, 7) is -0.553. The average Bonchev–Trinajstić information content (AvgIpc) is 3.51. The van der Waals surface area contributed by atoms with Gasteiger partial charge in [-0.25, -0.2) is 27.9 Å². The summed E-state index contributed by atoms with van der Waals surface area (Å²) in [5, 5.41) is 18.8. The second kappa shape index (κ2) is 15.9. The number of aromatic nitrogens is 5. The maximum Gasteiger partial charge on any atom is 0.411 e. The number of nitrogens with zero attached hydrogens (tertiary/aromatic N) is 8. The van der Waals surface area contributed by atoms with Gasteiger partial charge in [0.2, 0.25) is 0 Å². The van der Waals surface area contributed by atoms with E-state index in [2.05, 4.69) is 26.2 Å². The van der Waals surface area contributed by atoms with E-state index in [0.717, 1.165) is 22.1 Å². The Bertz CT molecular complexity index is 2090. The molecule has 292 valence electrons. The van der Waals surface area contributed by atoms with Gasteiger partial charge in [0.25, 0.3) is 12.3 Å². The fraction of sp³-hybridized carbons (Fsp3) is 0.382. The predicted molar refractivity (Wildman–Crippen MR) is 182 cm³/mol. The number of carbonyl (C=O) groups is 2. The lowest BCUT2D eigenvalue weighted by molar-refractivity contribution is -0.164. The van der Waals surface area contributed by atoms with Crippen LogP contribution in [0.1, 0.15) is 73.9 Å². The highest BCUT2D eigenvalue weighted by Crippen LogP contribution is 2.49. The summed E-state index contributed by atoms with van der Waals surface area (Å²) in [4.78, 5) is 36.0. The van der Waals surface area contributed by atoms with Gasteiger partial charge in [0.15, 0.2) is 11.8 Å². The van der Waals surface area contributed by atoms with E-state index in [1.165, 1.54) is 48.5 Å². The van der Waals surface area contributed by atoms with Gasteiger partial charge < -0.3 is 15.8 Å². The minimum absolute atomic E-state index is 0.0258. The number of hydrogen-bond donors (Lipinski definition) is 2. The van der Waals surface area contributed by atoms with E-state index in [4.69, 9.17) is 22.1 Å². The Labute approximate surface area is 313 Å². The number of ether oxygens (including phenoxy) is 1. The van der Waals surface area contributed by atoms with Crippen molar-refractivity contribution >= 4 is 29.6 Å². The number of guanidine groups is 1. The quantitative estimate of drug-likeness (QED) is 0.0803. The summed E-state index contributed by atoms with van der Waals surface area (Å²) in [5.74, 6) is -2.16. The molecule has 1 aliphatic carbocycles. The fourth-order valence-corrected chi connectivity index (χ4v) is 5.50. The molecule has 2 aromatic heterocycles. The Morgan fingerprint density at radius 2 is 1.82 bits per heavy atom. The molecule has 13 nitrogen and oxygen atoms in total. The average molecular weight is 797 g/mol. The Hall–Kier alpha value is -5.71. The highest BCUT2D eigenvalue weighted by Gasteiger charge is 2.64. The number of nitrogens with one attached hydrogen (secondary N) is 1. The maximum absolute atomic E-state index is 14.4. The molecule has 0 spiro atoms. The number of hydrogen-bond acceptors (Lipinski definition) is 8. The van der Waals surface area contributed by atoms with Gasteiger partial charge in [0.1, 0.15) is 18.5 Å². The summed E-state index contributed by atoms with van der Waals surface area (Å²) >= 11 is 6.39. The number of benzene rings is 2. The number of rotatable bonds is 13. The first-order valence-corrected chi connectivity index (χ1v) is 16.7. The zero-order valence-electron chi connectivity index (χ0n) is 28.9. The van der Waals surface area contributed by atoms with Crippen molar-refractivity contribution in [2.45, 2.75) is 63.8 Å². The van der Waals surface area contributed by atoms with Crippen LogP contribution in [0, 0.1) is 16.7 Å². The van der Waals surface area contributed by atoms with Crippen molar-refractivity contribution in [2.24, 2.45) is 16.1 Å². The van der Waals surface area contributed by atoms with E-state index >= 15 is 0 Å². The predicted octanol–water partition coefficient (Wildman–Crippen LogP) is 7.38. The molecule has 4 aromatic rings. The smallest absolute Gasteiger partial charge is 0.411 e. The van der Waals surface area contributed by atoms with Gasteiger partial charge in [-0.1, -0.05) is 29.8 Å². The molecule has 0 unspecified atom stereocenters. The summed E-state index contributed by atoms with van der Waals surface area (Å²) in [7, 11) is 0. The summed E-state index contributed by atoms with van der Waals surface area (Å²) < 4.78 is 101. The molecule has 0 radical (unpaired) electrons. The molecule has 5 rings (SSSR count). The lowest BCUT2D eigenvalue weighted by Gasteiger charge is -2.32. The number of carbonyl (C=O) groups excluding carboxylic acids is 2. The second-order valence-electron chi connectivity index (χ2n) is 13.1. The van der Waals surface area contributed by atoms with Gasteiger partial charge in [-0.2, -0.15) is 37.4 Å². The van der Waals surface area contributed by atoms with E-state index in [9.17, 15) is 45.6 Å². The van der Waals surface area contributed by atoms with Crippen LogP contribution in [0.25, 0.3) is 16.9 Å². The van der Waals surface area contributed by atoms with Crippen LogP contribution < -0.4 is 11.1 Å². The molecule has 2 heterocycles. The first-order chi connectivity index (χ1) is 25.9. The molecule has 2 amide bonds. The van der Waals surface area contributed by atoms with Crippen LogP contribution in [-0.2, 0) is 4.74 Å². The van der Waals surface area contributed by atoms with Gasteiger partial charge >= 0.3 is 18.8 Å². The molecule has 0 bridgehead atoms. The third-order valence-corrected chi connectivity index (χ3v) is 9.00. The van der Waals surface area contributed by atoms with Crippen LogP contribution in [0.4, 0.5) is 35.5 Å². The third kappa shape index (κ3) is 9.16. The minimum Gasteiger partial charge on any atom is -0.447 e. The number of halogens is 8. The standard InChI is InChI=1S/C34H32ClF7N10O3/c1-32(2,17-43)12-13-45-30(44)51(28(53)20-5-3-19(4-6-20)23-9-14-50(49-23)29(38)39)25(16-55-31(54)48-33(10-11-33)34(40,41)42)21-7-8-22(35)24(15-21)52-27(26(36)37)46-18-47-52/h3-9,14-15,18,25-26,29H,10-13,16H2,1-2H3,(H2,44,45)(H,48,54)/t25-/m1/s1. The molecule has 1 atom stereocenters. The number of nitriles is 1. The first kappa shape index (κ1) is 40.5. The van der Waals surface area contributed by atoms with Crippen molar-refractivity contribution in [3.05, 3.63) is 83.0 Å². The Morgan fingerprint density at radius 3 is 2.40 bits per heavy atom. The van der Waals surface area contributed by atoms with Crippen molar-refractivity contribution in [3.63, 3.8) is 0 Å². The number of nitrogens with two attached hydrogens (primary N) is 1. The fourth-order valence-electron chi connectivity index (χ4n) is 5.31. The first-order valence-electron chi connectivity index (χ1n) is 16.3. The molecule has 55 heavy (non-hydrogen) atoms. The number of amides is 2. The summed E-state index contributed by atoms with van der Waals surface area (Å²) in [5.41, 5.74) is 3.40. The van der Waals surface area contributed by atoms with Crippen molar-refractivity contribution in [1.82, 2.24) is 34.8 Å². The molecule has 1 fully saturated rings. The Morgan fingerprint density at radius 1 is 1.13 bits per heavy atom. The van der Waals surface area contributed by atoms with Gasteiger partial charge in [-0.3, -0.25) is 14.7 Å². The lowest BCUT2D eigenvalue weighted by atomic mass is 9.92. The van der Waals surface area contributed by atoms with Crippen LogP contribution in [0.2, 0.25) is 5.02 Å². The van der Waals surface area contributed by atoms with Crippen LogP contribution in [0.15, 0.2) is 66.0 Å². The zero-order chi connectivity index (χ0) is 40.3. The molecule has 2 aromatic carbocycles. The van der Waals surface area contributed by atoms with Gasteiger partial charge in [-0.05, 0) is 69.0 Å². The third-order valence-electron chi connectivity index (χ3n) is 8.69. The van der Waals surface area contributed by atoms with E-state index in [0.29, 0.717) is 10.2 Å². The van der Waals surface area contributed by atoms with Gasteiger partial charge in [0.05, 0.1) is 33.9 Å². The van der Waals surface area contributed by atoms with Crippen molar-refractivity contribution in [3.8, 4) is 23.0 Å². The highest BCUT2D eigenvalue weighted by molar-refractivity contribution is 6.32. The molecule has 3 N–H and O–H groups in total. The second-order valence-corrected chi connectivity index (χ2v) is 13.5. The van der Waals surface area contributed by atoms with Crippen LogP contribution in [0.5, 0.6) is 0 Å². The monoisotopic (exact) mass is 796 g/mol. The topological polar surface area (TPSA) is 169 Å². The SMILES string of the molecule is CC(C)(C#N)CCN=C(N)N(C(=O)c1ccc(-c2ccn(C(F)F)n2)cc1)[C@H](COC(=O)NC1(C(F)(F)F)CC1)c1ccc(Cl)c(-n2ncnc2C(F)F)c1.